The van der Waals surface area contributed by atoms with Crippen LogP contribution in [-0.4, -0.2) is 15.3 Å². The Kier molecular flexibility index (Phi) is 2.57. The molecule has 90 valence electrons. The summed E-state index contributed by atoms with van der Waals surface area (Å²) in [6.07, 6.45) is -0.835. The van der Waals surface area contributed by atoms with E-state index in [1.54, 1.807) is 12.1 Å². The minimum absolute atomic E-state index is 0.319. The molecular formula is C14H11FN2O. The average molecular weight is 242 g/mol. The van der Waals surface area contributed by atoms with Gasteiger partial charge in [-0.3, -0.25) is 5.10 Å². The van der Waals surface area contributed by atoms with Gasteiger partial charge in [0.25, 0.3) is 0 Å². The Balaban J connectivity index is 2.06. The third kappa shape index (κ3) is 1.76. The van der Waals surface area contributed by atoms with Crippen LogP contribution in [0.2, 0.25) is 0 Å². The molecule has 3 nitrogen and oxygen atoms in total. The molecule has 4 heteroatoms. The first-order chi connectivity index (χ1) is 8.75. The standard InChI is InChI=1S/C14H11FN2O/c15-10-7-5-9(6-8-10)14(18)13-11-3-1-2-4-12(11)16-17-13/h1-8,14,18H,(H,16,17). The molecule has 0 radical (unpaired) electrons. The summed E-state index contributed by atoms with van der Waals surface area (Å²) in [7, 11) is 0. The SMILES string of the molecule is OC(c1ccc(F)cc1)c1[nH]nc2ccccc12. The molecular weight excluding hydrogens is 231 g/mol. The van der Waals surface area contributed by atoms with Gasteiger partial charge in [-0.2, -0.15) is 5.10 Å². The number of hydrogen-bond acceptors (Lipinski definition) is 2. The van der Waals surface area contributed by atoms with Crippen LogP contribution in [0.1, 0.15) is 17.4 Å². The van der Waals surface area contributed by atoms with E-state index in [-0.39, 0.29) is 5.82 Å². The second-order valence-corrected chi connectivity index (χ2v) is 4.11. The number of aromatic nitrogens is 2. The number of para-hydroxylation sites is 1. The zero-order valence-electron chi connectivity index (χ0n) is 9.47. The number of rotatable bonds is 2. The lowest BCUT2D eigenvalue weighted by atomic mass is 10.0. The van der Waals surface area contributed by atoms with Gasteiger partial charge in [-0.25, -0.2) is 4.39 Å². The molecule has 3 aromatic rings. The predicted molar refractivity (Wildman–Crippen MR) is 66.6 cm³/mol. The molecule has 0 spiro atoms. The zero-order chi connectivity index (χ0) is 12.5. The van der Waals surface area contributed by atoms with Crippen molar-refractivity contribution in [1.29, 1.82) is 0 Å². The van der Waals surface area contributed by atoms with Crippen molar-refractivity contribution in [3.8, 4) is 0 Å². The van der Waals surface area contributed by atoms with Gasteiger partial charge < -0.3 is 5.11 Å². The topological polar surface area (TPSA) is 48.9 Å². The van der Waals surface area contributed by atoms with E-state index >= 15 is 0 Å². The predicted octanol–water partition coefficient (Wildman–Crippen LogP) is 2.78. The van der Waals surface area contributed by atoms with Crippen LogP contribution in [0.4, 0.5) is 4.39 Å². The number of aliphatic hydroxyl groups is 1. The molecule has 0 aliphatic carbocycles. The van der Waals surface area contributed by atoms with E-state index in [4.69, 9.17) is 0 Å². The maximum Gasteiger partial charge on any atom is 0.123 e. The van der Waals surface area contributed by atoms with Crippen LogP contribution in [0, 0.1) is 5.82 Å². The second-order valence-electron chi connectivity index (χ2n) is 4.11. The monoisotopic (exact) mass is 242 g/mol. The molecule has 0 saturated carbocycles. The van der Waals surface area contributed by atoms with Crippen LogP contribution in [0.15, 0.2) is 48.5 Å². The Labute approximate surface area is 103 Å². The highest BCUT2D eigenvalue weighted by atomic mass is 19.1. The van der Waals surface area contributed by atoms with Gasteiger partial charge in [-0.1, -0.05) is 30.3 Å². The van der Waals surface area contributed by atoms with Crippen molar-refractivity contribution in [3.63, 3.8) is 0 Å². The van der Waals surface area contributed by atoms with E-state index in [1.165, 1.54) is 12.1 Å². The van der Waals surface area contributed by atoms with Crippen LogP contribution in [0.3, 0.4) is 0 Å². The molecule has 3 rings (SSSR count). The second kappa shape index (κ2) is 4.23. The summed E-state index contributed by atoms with van der Waals surface area (Å²) in [5, 5.41) is 18.1. The van der Waals surface area contributed by atoms with Gasteiger partial charge >= 0.3 is 0 Å². The van der Waals surface area contributed by atoms with E-state index in [0.29, 0.717) is 11.3 Å². The Morgan fingerprint density at radius 3 is 2.56 bits per heavy atom. The molecule has 0 fully saturated rings. The zero-order valence-corrected chi connectivity index (χ0v) is 9.47. The molecule has 2 N–H and O–H groups in total. The highest BCUT2D eigenvalue weighted by molar-refractivity contribution is 5.81. The number of nitrogens with one attached hydrogen (secondary N) is 1. The maximum atomic E-state index is 12.8. The molecule has 1 atom stereocenters. The molecule has 2 aromatic carbocycles. The first kappa shape index (κ1) is 10.9. The molecule has 1 heterocycles. The minimum atomic E-state index is -0.835. The summed E-state index contributed by atoms with van der Waals surface area (Å²) < 4.78 is 12.8. The van der Waals surface area contributed by atoms with E-state index in [9.17, 15) is 9.50 Å². The number of halogens is 1. The van der Waals surface area contributed by atoms with Crippen molar-refractivity contribution in [2.24, 2.45) is 0 Å². The first-order valence-electron chi connectivity index (χ1n) is 5.62. The number of fused-ring (bicyclic) bond motifs is 1. The minimum Gasteiger partial charge on any atom is -0.382 e. The largest absolute Gasteiger partial charge is 0.382 e. The van der Waals surface area contributed by atoms with E-state index in [0.717, 1.165) is 10.9 Å². The molecule has 0 aliphatic heterocycles. The van der Waals surface area contributed by atoms with Crippen LogP contribution >= 0.6 is 0 Å². The number of nitrogens with zero attached hydrogens (tertiary/aromatic N) is 1. The molecule has 1 unspecified atom stereocenters. The van der Waals surface area contributed by atoms with Crippen LogP contribution < -0.4 is 0 Å². The smallest absolute Gasteiger partial charge is 0.123 e. The van der Waals surface area contributed by atoms with Gasteiger partial charge in [0, 0.05) is 5.39 Å². The van der Waals surface area contributed by atoms with Crippen molar-refractivity contribution in [1.82, 2.24) is 10.2 Å². The first-order valence-corrected chi connectivity index (χ1v) is 5.62. The Morgan fingerprint density at radius 2 is 1.78 bits per heavy atom. The fourth-order valence-electron chi connectivity index (χ4n) is 2.00. The van der Waals surface area contributed by atoms with Crippen molar-refractivity contribution >= 4 is 10.9 Å². The van der Waals surface area contributed by atoms with Crippen LogP contribution in [-0.2, 0) is 0 Å². The number of aromatic amines is 1. The van der Waals surface area contributed by atoms with E-state index in [2.05, 4.69) is 10.2 Å². The fraction of sp³-hybridized carbons (Fsp3) is 0.0714. The third-order valence-corrected chi connectivity index (χ3v) is 2.95. The van der Waals surface area contributed by atoms with Gasteiger partial charge in [0.2, 0.25) is 0 Å². The highest BCUT2D eigenvalue weighted by Gasteiger charge is 2.15. The van der Waals surface area contributed by atoms with Gasteiger partial charge in [0.1, 0.15) is 11.9 Å². The van der Waals surface area contributed by atoms with Crippen molar-refractivity contribution < 1.29 is 9.50 Å². The van der Waals surface area contributed by atoms with Crippen LogP contribution in [0.5, 0.6) is 0 Å². The summed E-state index contributed by atoms with van der Waals surface area (Å²) in [5.41, 5.74) is 2.05. The normalized spacial score (nSPS) is 12.8. The summed E-state index contributed by atoms with van der Waals surface area (Å²) in [6, 6.07) is 13.3. The molecule has 0 bridgehead atoms. The van der Waals surface area contributed by atoms with Gasteiger partial charge in [0.15, 0.2) is 0 Å². The average Bonchev–Trinajstić information content (AvgIpc) is 2.82. The molecule has 0 aliphatic rings. The van der Waals surface area contributed by atoms with E-state index in [1.807, 2.05) is 24.3 Å². The maximum absolute atomic E-state index is 12.8. The number of H-pyrrole nitrogens is 1. The Morgan fingerprint density at radius 1 is 1.06 bits per heavy atom. The molecule has 0 amide bonds. The summed E-state index contributed by atoms with van der Waals surface area (Å²) in [6.45, 7) is 0. The highest BCUT2D eigenvalue weighted by Crippen LogP contribution is 2.26. The van der Waals surface area contributed by atoms with E-state index < -0.39 is 6.10 Å². The summed E-state index contributed by atoms with van der Waals surface area (Å²) >= 11 is 0. The fourth-order valence-corrected chi connectivity index (χ4v) is 2.00. The molecule has 0 saturated heterocycles. The lowest BCUT2D eigenvalue weighted by Crippen LogP contribution is -2.00. The lowest BCUT2D eigenvalue weighted by Gasteiger charge is -2.09. The number of aliphatic hydroxyl groups excluding tert-OH is 1. The van der Waals surface area contributed by atoms with Crippen molar-refractivity contribution in [2.75, 3.05) is 0 Å². The Hall–Kier alpha value is -2.20. The van der Waals surface area contributed by atoms with Gasteiger partial charge in [-0.15, -0.1) is 0 Å². The van der Waals surface area contributed by atoms with Crippen LogP contribution in [0.25, 0.3) is 10.9 Å². The Bertz CT molecular complexity index is 676. The van der Waals surface area contributed by atoms with Crippen molar-refractivity contribution in [2.45, 2.75) is 6.10 Å². The number of hydrogen-bond donors (Lipinski definition) is 2. The van der Waals surface area contributed by atoms with Crippen molar-refractivity contribution in [3.05, 3.63) is 65.6 Å². The number of benzene rings is 2. The molecule has 18 heavy (non-hydrogen) atoms. The summed E-state index contributed by atoms with van der Waals surface area (Å²) in [4.78, 5) is 0. The quantitative estimate of drug-likeness (QED) is 0.726. The lowest BCUT2D eigenvalue weighted by molar-refractivity contribution is 0.216. The molecule has 1 aromatic heterocycles. The van der Waals surface area contributed by atoms with Gasteiger partial charge in [0.05, 0.1) is 11.2 Å². The summed E-state index contributed by atoms with van der Waals surface area (Å²) in [5.74, 6) is -0.319. The third-order valence-electron chi connectivity index (χ3n) is 2.95. The van der Waals surface area contributed by atoms with Gasteiger partial charge in [-0.05, 0) is 23.8 Å².